The summed E-state index contributed by atoms with van der Waals surface area (Å²) in [5, 5.41) is 7.76. The van der Waals surface area contributed by atoms with Crippen LogP contribution in [-0.4, -0.2) is 37.5 Å². The number of thiocarbonyl (C=S) groups is 1. The van der Waals surface area contributed by atoms with Crippen molar-refractivity contribution in [2.45, 2.75) is 31.7 Å². The highest BCUT2D eigenvalue weighted by atomic mass is 32.1. The zero-order valence-electron chi connectivity index (χ0n) is 13.5. The maximum absolute atomic E-state index is 5.58. The van der Waals surface area contributed by atoms with Crippen molar-refractivity contribution < 1.29 is 4.74 Å². The van der Waals surface area contributed by atoms with Gasteiger partial charge in [-0.2, -0.15) is 0 Å². The SMILES string of the molecule is S=C(Nc1ccccc1N1CCOCC1)NC1CC2CCC1C2. The Bertz CT molecular complexity index is 573. The Morgan fingerprint density at radius 1 is 1.13 bits per heavy atom. The van der Waals surface area contributed by atoms with Gasteiger partial charge in [-0.3, -0.25) is 0 Å². The van der Waals surface area contributed by atoms with Gasteiger partial charge in [0.1, 0.15) is 0 Å². The lowest BCUT2D eigenvalue weighted by Gasteiger charge is -2.31. The third kappa shape index (κ3) is 3.31. The van der Waals surface area contributed by atoms with Crippen LogP contribution in [-0.2, 0) is 4.74 Å². The zero-order chi connectivity index (χ0) is 15.6. The molecule has 2 aliphatic carbocycles. The number of para-hydroxylation sites is 2. The highest BCUT2D eigenvalue weighted by Crippen LogP contribution is 2.44. The van der Waals surface area contributed by atoms with Gasteiger partial charge in [0.25, 0.3) is 0 Å². The molecule has 5 heteroatoms. The molecule has 4 nitrogen and oxygen atoms in total. The molecular formula is C18H25N3OS. The summed E-state index contributed by atoms with van der Waals surface area (Å²) in [5.74, 6) is 1.76. The normalized spacial score (nSPS) is 29.6. The summed E-state index contributed by atoms with van der Waals surface area (Å²) in [7, 11) is 0. The second-order valence-corrected chi connectivity index (χ2v) is 7.40. The molecule has 4 rings (SSSR count). The second kappa shape index (κ2) is 6.65. The van der Waals surface area contributed by atoms with Crippen molar-refractivity contribution in [1.82, 2.24) is 5.32 Å². The minimum atomic E-state index is 0.573. The monoisotopic (exact) mass is 331 g/mol. The van der Waals surface area contributed by atoms with E-state index in [0.717, 1.165) is 48.9 Å². The number of benzene rings is 1. The van der Waals surface area contributed by atoms with Crippen LogP contribution in [0.1, 0.15) is 25.7 Å². The highest BCUT2D eigenvalue weighted by Gasteiger charge is 2.39. The van der Waals surface area contributed by atoms with Gasteiger partial charge in [0.15, 0.2) is 5.11 Å². The quantitative estimate of drug-likeness (QED) is 0.833. The highest BCUT2D eigenvalue weighted by molar-refractivity contribution is 7.80. The Hall–Kier alpha value is -1.33. The van der Waals surface area contributed by atoms with E-state index in [1.165, 1.54) is 31.4 Å². The van der Waals surface area contributed by atoms with Crippen molar-refractivity contribution in [2.75, 3.05) is 36.5 Å². The van der Waals surface area contributed by atoms with Crippen LogP contribution in [0, 0.1) is 11.8 Å². The number of ether oxygens (including phenoxy) is 1. The minimum Gasteiger partial charge on any atom is -0.378 e. The number of fused-ring (bicyclic) bond motifs is 2. The Morgan fingerprint density at radius 2 is 1.96 bits per heavy atom. The van der Waals surface area contributed by atoms with Crippen molar-refractivity contribution >= 4 is 28.7 Å². The van der Waals surface area contributed by atoms with Crippen LogP contribution < -0.4 is 15.5 Å². The summed E-state index contributed by atoms with van der Waals surface area (Å²) >= 11 is 5.58. The van der Waals surface area contributed by atoms with Gasteiger partial charge in [-0.15, -0.1) is 0 Å². The number of anilines is 2. The molecule has 3 atom stereocenters. The number of morpholine rings is 1. The Balaban J connectivity index is 1.41. The average molecular weight is 331 g/mol. The smallest absolute Gasteiger partial charge is 0.171 e. The molecule has 2 bridgehead atoms. The predicted molar refractivity (Wildman–Crippen MR) is 98.1 cm³/mol. The first-order valence-corrected chi connectivity index (χ1v) is 9.19. The number of nitrogens with one attached hydrogen (secondary N) is 2. The Morgan fingerprint density at radius 3 is 2.70 bits per heavy atom. The van der Waals surface area contributed by atoms with Gasteiger partial charge in [-0.05, 0) is 55.4 Å². The van der Waals surface area contributed by atoms with Crippen molar-refractivity contribution in [3.63, 3.8) is 0 Å². The topological polar surface area (TPSA) is 36.5 Å². The molecule has 0 amide bonds. The fourth-order valence-electron chi connectivity index (χ4n) is 4.41. The van der Waals surface area contributed by atoms with Crippen LogP contribution in [0.2, 0.25) is 0 Å². The number of hydrogen-bond acceptors (Lipinski definition) is 3. The second-order valence-electron chi connectivity index (χ2n) is 7.00. The van der Waals surface area contributed by atoms with Crippen LogP contribution in [0.25, 0.3) is 0 Å². The molecule has 2 N–H and O–H groups in total. The lowest BCUT2D eigenvalue weighted by atomic mass is 9.95. The van der Waals surface area contributed by atoms with E-state index in [4.69, 9.17) is 17.0 Å². The zero-order valence-corrected chi connectivity index (χ0v) is 14.3. The third-order valence-corrected chi connectivity index (χ3v) is 5.78. The molecular weight excluding hydrogens is 306 g/mol. The average Bonchev–Trinajstić information content (AvgIpc) is 3.19. The molecule has 1 saturated heterocycles. The summed E-state index contributed by atoms with van der Waals surface area (Å²) < 4.78 is 5.46. The fourth-order valence-corrected chi connectivity index (χ4v) is 4.67. The van der Waals surface area contributed by atoms with E-state index in [1.807, 2.05) is 0 Å². The molecule has 1 heterocycles. The molecule has 0 radical (unpaired) electrons. The molecule has 3 unspecified atom stereocenters. The lowest BCUT2D eigenvalue weighted by Crippen LogP contribution is -2.41. The molecule has 1 aromatic carbocycles. The summed E-state index contributed by atoms with van der Waals surface area (Å²) in [6.45, 7) is 3.46. The van der Waals surface area contributed by atoms with Gasteiger partial charge in [-0.25, -0.2) is 0 Å². The number of rotatable bonds is 3. The van der Waals surface area contributed by atoms with E-state index in [9.17, 15) is 0 Å². The van der Waals surface area contributed by atoms with E-state index in [0.29, 0.717) is 6.04 Å². The van der Waals surface area contributed by atoms with Crippen LogP contribution in [0.5, 0.6) is 0 Å². The maximum atomic E-state index is 5.58. The summed E-state index contributed by atoms with van der Waals surface area (Å²) in [6.07, 6.45) is 5.47. The van der Waals surface area contributed by atoms with Gasteiger partial charge < -0.3 is 20.3 Å². The minimum absolute atomic E-state index is 0.573. The first-order valence-electron chi connectivity index (χ1n) is 8.79. The molecule has 0 aromatic heterocycles. The van der Waals surface area contributed by atoms with Gasteiger partial charge in [0.2, 0.25) is 0 Å². The van der Waals surface area contributed by atoms with Crippen LogP contribution in [0.3, 0.4) is 0 Å². The first-order chi connectivity index (χ1) is 11.3. The molecule has 2 saturated carbocycles. The predicted octanol–water partition coefficient (Wildman–Crippen LogP) is 3.00. The van der Waals surface area contributed by atoms with E-state index in [1.54, 1.807) is 0 Å². The Kier molecular flexibility index (Phi) is 4.40. The molecule has 3 fully saturated rings. The van der Waals surface area contributed by atoms with E-state index < -0.39 is 0 Å². The van der Waals surface area contributed by atoms with Crippen molar-refractivity contribution in [1.29, 1.82) is 0 Å². The maximum Gasteiger partial charge on any atom is 0.171 e. The fraction of sp³-hybridized carbons (Fsp3) is 0.611. The van der Waals surface area contributed by atoms with Crippen molar-refractivity contribution in [2.24, 2.45) is 11.8 Å². The van der Waals surface area contributed by atoms with E-state index in [-0.39, 0.29) is 0 Å². The van der Waals surface area contributed by atoms with Crippen molar-refractivity contribution in [3.05, 3.63) is 24.3 Å². The molecule has 0 spiro atoms. The van der Waals surface area contributed by atoms with Gasteiger partial charge >= 0.3 is 0 Å². The van der Waals surface area contributed by atoms with Crippen molar-refractivity contribution in [3.8, 4) is 0 Å². The molecule has 1 aliphatic heterocycles. The van der Waals surface area contributed by atoms with Gasteiger partial charge in [0, 0.05) is 19.1 Å². The summed E-state index contributed by atoms with van der Waals surface area (Å²) in [4.78, 5) is 2.37. The largest absolute Gasteiger partial charge is 0.378 e. The van der Waals surface area contributed by atoms with Crippen LogP contribution in [0.4, 0.5) is 11.4 Å². The number of hydrogen-bond donors (Lipinski definition) is 2. The standard InChI is InChI=1S/C18H25N3OS/c23-18(20-16-12-13-5-6-14(16)11-13)19-15-3-1-2-4-17(15)21-7-9-22-10-8-21/h1-4,13-14,16H,5-12H2,(H2,19,20,23). The Labute approximate surface area is 143 Å². The van der Waals surface area contributed by atoms with Crippen LogP contribution >= 0.6 is 12.2 Å². The van der Waals surface area contributed by atoms with Gasteiger partial charge in [0.05, 0.1) is 24.6 Å². The molecule has 3 aliphatic rings. The molecule has 1 aromatic rings. The van der Waals surface area contributed by atoms with Crippen LogP contribution in [0.15, 0.2) is 24.3 Å². The summed E-state index contributed by atoms with van der Waals surface area (Å²) in [6, 6.07) is 8.99. The number of nitrogens with zero attached hydrogens (tertiary/aromatic N) is 1. The van der Waals surface area contributed by atoms with Gasteiger partial charge in [-0.1, -0.05) is 18.6 Å². The molecule has 23 heavy (non-hydrogen) atoms. The lowest BCUT2D eigenvalue weighted by molar-refractivity contribution is 0.123. The third-order valence-electron chi connectivity index (χ3n) is 5.56. The van der Waals surface area contributed by atoms with E-state index in [2.05, 4.69) is 39.8 Å². The summed E-state index contributed by atoms with van der Waals surface area (Å²) in [5.41, 5.74) is 2.31. The first kappa shape index (κ1) is 15.2. The van der Waals surface area contributed by atoms with E-state index >= 15 is 0 Å². The molecule has 124 valence electrons.